The van der Waals surface area contributed by atoms with Crippen molar-refractivity contribution in [2.24, 2.45) is 5.92 Å². The molecule has 0 radical (unpaired) electrons. The molecule has 0 bridgehead atoms. The molecule has 3 unspecified atom stereocenters. The number of alkyl halides is 3. The maximum absolute atomic E-state index is 12.0. The second-order valence-electron chi connectivity index (χ2n) is 5.98. The van der Waals surface area contributed by atoms with E-state index in [1.807, 2.05) is 0 Å². The number of nitrogens with zero attached hydrogens (tertiary/aromatic N) is 1. The van der Waals surface area contributed by atoms with Crippen molar-refractivity contribution in [3.63, 3.8) is 0 Å². The first-order valence-corrected chi connectivity index (χ1v) is 7.99. The van der Waals surface area contributed by atoms with Gasteiger partial charge in [0.25, 0.3) is 0 Å². The summed E-state index contributed by atoms with van der Waals surface area (Å²) < 4.78 is 40.7. The molecule has 21 heavy (non-hydrogen) atoms. The highest BCUT2D eigenvalue weighted by Crippen LogP contribution is 2.19. The Morgan fingerprint density at radius 2 is 2.05 bits per heavy atom. The van der Waals surface area contributed by atoms with Gasteiger partial charge in [0.05, 0.1) is 0 Å². The SMILES string of the molecule is CCC1CN(CCCOCC(F)(F)F)C(C(C)CC)CN1. The minimum atomic E-state index is -4.22. The molecule has 1 heterocycles. The van der Waals surface area contributed by atoms with E-state index in [0.29, 0.717) is 24.4 Å². The summed E-state index contributed by atoms with van der Waals surface area (Å²) in [5.74, 6) is 0.589. The van der Waals surface area contributed by atoms with Gasteiger partial charge < -0.3 is 10.1 Å². The molecule has 0 aliphatic carbocycles. The second-order valence-corrected chi connectivity index (χ2v) is 5.98. The lowest BCUT2D eigenvalue weighted by atomic mass is 9.94. The Morgan fingerprint density at radius 1 is 1.33 bits per heavy atom. The Morgan fingerprint density at radius 3 is 2.62 bits per heavy atom. The van der Waals surface area contributed by atoms with Crippen molar-refractivity contribution in [1.82, 2.24) is 10.2 Å². The van der Waals surface area contributed by atoms with Gasteiger partial charge in [-0.15, -0.1) is 0 Å². The van der Waals surface area contributed by atoms with Crippen LogP contribution in [0.15, 0.2) is 0 Å². The zero-order chi connectivity index (χ0) is 15.9. The average Bonchev–Trinajstić information content (AvgIpc) is 2.44. The van der Waals surface area contributed by atoms with Gasteiger partial charge in [-0.05, 0) is 18.8 Å². The van der Waals surface area contributed by atoms with Crippen molar-refractivity contribution < 1.29 is 17.9 Å². The van der Waals surface area contributed by atoms with E-state index in [2.05, 4.69) is 31.0 Å². The lowest BCUT2D eigenvalue weighted by Crippen LogP contribution is -2.58. The van der Waals surface area contributed by atoms with E-state index < -0.39 is 12.8 Å². The van der Waals surface area contributed by atoms with Gasteiger partial charge in [-0.2, -0.15) is 13.2 Å². The predicted octanol–water partition coefficient (Wildman–Crippen LogP) is 3.05. The van der Waals surface area contributed by atoms with Crippen molar-refractivity contribution in [3.05, 3.63) is 0 Å². The molecule has 0 aromatic carbocycles. The molecular formula is C15H29F3N2O. The maximum Gasteiger partial charge on any atom is 0.411 e. The highest BCUT2D eigenvalue weighted by Gasteiger charge is 2.30. The van der Waals surface area contributed by atoms with Gasteiger partial charge >= 0.3 is 6.18 Å². The molecule has 0 aromatic heterocycles. The fourth-order valence-corrected chi connectivity index (χ4v) is 2.82. The number of halogens is 3. The number of hydrogen-bond donors (Lipinski definition) is 1. The predicted molar refractivity (Wildman–Crippen MR) is 78.4 cm³/mol. The van der Waals surface area contributed by atoms with Crippen molar-refractivity contribution >= 4 is 0 Å². The van der Waals surface area contributed by atoms with Crippen molar-refractivity contribution in [1.29, 1.82) is 0 Å². The van der Waals surface area contributed by atoms with E-state index in [9.17, 15) is 13.2 Å². The molecule has 1 rings (SSSR count). The van der Waals surface area contributed by atoms with Crippen molar-refractivity contribution in [2.75, 3.05) is 32.8 Å². The highest BCUT2D eigenvalue weighted by atomic mass is 19.4. The van der Waals surface area contributed by atoms with Crippen LogP contribution in [0.1, 0.15) is 40.0 Å². The van der Waals surface area contributed by atoms with E-state index >= 15 is 0 Å². The summed E-state index contributed by atoms with van der Waals surface area (Å²) in [4.78, 5) is 2.43. The average molecular weight is 310 g/mol. The Labute approximate surface area is 126 Å². The molecular weight excluding hydrogens is 281 g/mol. The van der Waals surface area contributed by atoms with Crippen molar-refractivity contribution in [2.45, 2.75) is 58.3 Å². The van der Waals surface area contributed by atoms with E-state index in [1.165, 1.54) is 0 Å². The van der Waals surface area contributed by atoms with Crippen LogP contribution in [-0.4, -0.2) is 56.0 Å². The second kappa shape index (κ2) is 8.96. The molecule has 6 heteroatoms. The number of ether oxygens (including phenoxy) is 1. The Balaban J connectivity index is 2.36. The van der Waals surface area contributed by atoms with Gasteiger partial charge in [0, 0.05) is 38.3 Å². The summed E-state index contributed by atoms with van der Waals surface area (Å²) in [6, 6.07) is 0.960. The molecule has 0 aromatic rings. The van der Waals surface area contributed by atoms with Gasteiger partial charge in [-0.1, -0.05) is 27.2 Å². The Hall–Kier alpha value is -0.330. The first kappa shape index (κ1) is 18.7. The van der Waals surface area contributed by atoms with Gasteiger partial charge in [0.15, 0.2) is 0 Å². The first-order valence-electron chi connectivity index (χ1n) is 7.99. The summed E-state index contributed by atoms with van der Waals surface area (Å²) in [6.07, 6.45) is -1.38. The van der Waals surface area contributed by atoms with Crippen LogP contribution in [0.4, 0.5) is 13.2 Å². The molecule has 1 aliphatic heterocycles. The van der Waals surface area contributed by atoms with E-state index in [4.69, 9.17) is 4.74 Å². The van der Waals surface area contributed by atoms with Crippen LogP contribution in [0.5, 0.6) is 0 Å². The summed E-state index contributed by atoms with van der Waals surface area (Å²) in [5.41, 5.74) is 0. The molecule has 0 saturated carbocycles. The topological polar surface area (TPSA) is 24.5 Å². The fourth-order valence-electron chi connectivity index (χ4n) is 2.82. The molecule has 0 spiro atoms. The normalized spacial score (nSPS) is 26.0. The monoisotopic (exact) mass is 310 g/mol. The first-order chi connectivity index (χ1) is 9.87. The smallest absolute Gasteiger partial charge is 0.372 e. The molecule has 1 fully saturated rings. The lowest BCUT2D eigenvalue weighted by molar-refractivity contribution is -0.174. The zero-order valence-electron chi connectivity index (χ0n) is 13.4. The zero-order valence-corrected chi connectivity index (χ0v) is 13.4. The molecule has 126 valence electrons. The summed E-state index contributed by atoms with van der Waals surface area (Å²) in [5, 5.41) is 3.56. The Bertz CT molecular complexity index is 287. The van der Waals surface area contributed by atoms with Crippen LogP contribution in [-0.2, 0) is 4.74 Å². The minimum Gasteiger partial charge on any atom is -0.372 e. The number of rotatable bonds is 8. The van der Waals surface area contributed by atoms with Crippen LogP contribution in [0.25, 0.3) is 0 Å². The Kier molecular flexibility index (Phi) is 7.98. The summed E-state index contributed by atoms with van der Waals surface area (Å²) >= 11 is 0. The van der Waals surface area contributed by atoms with Gasteiger partial charge in [-0.25, -0.2) is 0 Å². The standard InChI is InChI=1S/C15H29F3N2O/c1-4-12(3)14-9-19-13(5-2)10-20(14)7-6-8-21-11-15(16,17)18/h12-14,19H,4-11H2,1-3H3. The molecule has 1 aliphatic rings. The molecule has 3 atom stereocenters. The quantitative estimate of drug-likeness (QED) is 0.697. The fraction of sp³-hybridized carbons (Fsp3) is 1.00. The summed E-state index contributed by atoms with van der Waals surface area (Å²) in [6.45, 7) is 8.37. The number of piperazine rings is 1. The van der Waals surface area contributed by atoms with Crippen LogP contribution in [0, 0.1) is 5.92 Å². The third-order valence-corrected chi connectivity index (χ3v) is 4.33. The van der Waals surface area contributed by atoms with Crippen LogP contribution < -0.4 is 5.32 Å². The number of nitrogens with one attached hydrogen (secondary N) is 1. The third-order valence-electron chi connectivity index (χ3n) is 4.33. The molecule has 0 amide bonds. The lowest BCUT2D eigenvalue weighted by Gasteiger charge is -2.43. The van der Waals surface area contributed by atoms with Crippen LogP contribution in [0.2, 0.25) is 0 Å². The van der Waals surface area contributed by atoms with E-state index in [-0.39, 0.29) is 6.61 Å². The van der Waals surface area contributed by atoms with Crippen LogP contribution >= 0.6 is 0 Å². The number of hydrogen-bond acceptors (Lipinski definition) is 3. The van der Waals surface area contributed by atoms with E-state index in [0.717, 1.165) is 32.5 Å². The van der Waals surface area contributed by atoms with E-state index in [1.54, 1.807) is 0 Å². The largest absolute Gasteiger partial charge is 0.411 e. The molecule has 3 nitrogen and oxygen atoms in total. The van der Waals surface area contributed by atoms with Gasteiger partial charge in [-0.3, -0.25) is 4.90 Å². The van der Waals surface area contributed by atoms with Gasteiger partial charge in [0.2, 0.25) is 0 Å². The highest BCUT2D eigenvalue weighted by molar-refractivity contribution is 4.87. The summed E-state index contributed by atoms with van der Waals surface area (Å²) in [7, 11) is 0. The molecule has 1 saturated heterocycles. The molecule has 1 N–H and O–H groups in total. The third kappa shape index (κ3) is 6.98. The maximum atomic E-state index is 12.0. The van der Waals surface area contributed by atoms with Gasteiger partial charge in [0.1, 0.15) is 6.61 Å². The van der Waals surface area contributed by atoms with Crippen LogP contribution in [0.3, 0.4) is 0 Å². The van der Waals surface area contributed by atoms with Crippen molar-refractivity contribution in [3.8, 4) is 0 Å². The minimum absolute atomic E-state index is 0.174.